The maximum absolute atomic E-state index is 10.9. The standard InChI is InChI=1S/C12H18N4O2/c1-14-12(16-6-2-3-7-16)15-8-9-4-5-10(18-9)11(13)17/h4-5H,2-3,6-8H2,1H3,(H2,13,17)(H,14,15). The van der Waals surface area contributed by atoms with Gasteiger partial charge >= 0.3 is 0 Å². The van der Waals surface area contributed by atoms with Gasteiger partial charge in [0.05, 0.1) is 6.54 Å². The molecule has 1 aromatic rings. The molecule has 0 aliphatic carbocycles. The molecule has 0 bridgehead atoms. The van der Waals surface area contributed by atoms with Crippen molar-refractivity contribution in [3.63, 3.8) is 0 Å². The van der Waals surface area contributed by atoms with Gasteiger partial charge < -0.3 is 20.4 Å². The molecule has 0 spiro atoms. The first-order valence-electron chi connectivity index (χ1n) is 6.05. The monoisotopic (exact) mass is 250 g/mol. The molecule has 0 atom stereocenters. The zero-order valence-electron chi connectivity index (χ0n) is 10.5. The van der Waals surface area contributed by atoms with Crippen LogP contribution in [0.5, 0.6) is 0 Å². The van der Waals surface area contributed by atoms with E-state index in [1.807, 2.05) is 0 Å². The van der Waals surface area contributed by atoms with Crippen LogP contribution >= 0.6 is 0 Å². The Morgan fingerprint density at radius 1 is 1.50 bits per heavy atom. The minimum Gasteiger partial charge on any atom is -0.454 e. The van der Waals surface area contributed by atoms with Crippen LogP contribution < -0.4 is 11.1 Å². The van der Waals surface area contributed by atoms with Crippen LogP contribution in [0.25, 0.3) is 0 Å². The molecular weight excluding hydrogens is 232 g/mol. The largest absolute Gasteiger partial charge is 0.454 e. The number of hydrogen-bond donors (Lipinski definition) is 2. The van der Waals surface area contributed by atoms with E-state index in [4.69, 9.17) is 10.2 Å². The molecule has 1 aliphatic rings. The average molecular weight is 250 g/mol. The van der Waals surface area contributed by atoms with Gasteiger partial charge in [0.2, 0.25) is 0 Å². The van der Waals surface area contributed by atoms with E-state index in [0.717, 1.165) is 19.0 Å². The van der Waals surface area contributed by atoms with Gasteiger partial charge in [0.15, 0.2) is 11.7 Å². The second-order valence-corrected chi connectivity index (χ2v) is 4.23. The Hall–Kier alpha value is -1.98. The van der Waals surface area contributed by atoms with Crippen molar-refractivity contribution in [3.8, 4) is 0 Å². The van der Waals surface area contributed by atoms with Gasteiger partial charge in [0.1, 0.15) is 5.76 Å². The van der Waals surface area contributed by atoms with Crippen molar-refractivity contribution in [3.05, 3.63) is 23.7 Å². The number of carbonyl (C=O) groups excluding carboxylic acids is 1. The van der Waals surface area contributed by atoms with Gasteiger partial charge in [-0.3, -0.25) is 9.79 Å². The summed E-state index contributed by atoms with van der Waals surface area (Å²) in [6.07, 6.45) is 2.40. The topological polar surface area (TPSA) is 83.9 Å². The first-order valence-corrected chi connectivity index (χ1v) is 6.05. The van der Waals surface area contributed by atoms with Gasteiger partial charge in [0, 0.05) is 20.1 Å². The van der Waals surface area contributed by atoms with Crippen LogP contribution in [0.3, 0.4) is 0 Å². The molecule has 18 heavy (non-hydrogen) atoms. The van der Waals surface area contributed by atoms with E-state index >= 15 is 0 Å². The van der Waals surface area contributed by atoms with Crippen LogP contribution in [-0.2, 0) is 6.54 Å². The first-order chi connectivity index (χ1) is 8.70. The molecule has 1 saturated heterocycles. The lowest BCUT2D eigenvalue weighted by Gasteiger charge is -2.20. The summed E-state index contributed by atoms with van der Waals surface area (Å²) < 4.78 is 5.29. The molecule has 6 nitrogen and oxygen atoms in total. The molecule has 1 amide bonds. The molecule has 98 valence electrons. The van der Waals surface area contributed by atoms with Crippen molar-refractivity contribution in [2.24, 2.45) is 10.7 Å². The first kappa shape index (κ1) is 12.5. The third kappa shape index (κ3) is 2.82. The second kappa shape index (κ2) is 5.57. The van der Waals surface area contributed by atoms with Crippen LogP contribution in [0, 0.1) is 0 Å². The smallest absolute Gasteiger partial charge is 0.284 e. The Kier molecular flexibility index (Phi) is 3.86. The lowest BCUT2D eigenvalue weighted by atomic mass is 10.4. The van der Waals surface area contributed by atoms with Crippen molar-refractivity contribution < 1.29 is 9.21 Å². The Labute approximate surface area is 106 Å². The number of rotatable bonds is 3. The average Bonchev–Trinajstić information content (AvgIpc) is 3.00. The number of carbonyl (C=O) groups is 1. The summed E-state index contributed by atoms with van der Waals surface area (Å²) in [6.45, 7) is 2.56. The van der Waals surface area contributed by atoms with Gasteiger partial charge in [-0.15, -0.1) is 0 Å². The van der Waals surface area contributed by atoms with Crippen LogP contribution in [0.4, 0.5) is 0 Å². The molecule has 1 aliphatic heterocycles. The summed E-state index contributed by atoms with van der Waals surface area (Å²) in [7, 11) is 1.76. The number of aliphatic imine (C=N–C) groups is 1. The van der Waals surface area contributed by atoms with Gasteiger partial charge in [-0.2, -0.15) is 0 Å². The Morgan fingerprint density at radius 2 is 2.22 bits per heavy atom. The maximum atomic E-state index is 10.9. The minimum atomic E-state index is -0.551. The summed E-state index contributed by atoms with van der Waals surface area (Å²) in [5.74, 6) is 1.17. The van der Waals surface area contributed by atoms with Crippen molar-refractivity contribution in [2.75, 3.05) is 20.1 Å². The molecule has 2 heterocycles. The zero-order valence-corrected chi connectivity index (χ0v) is 10.5. The highest BCUT2D eigenvalue weighted by Crippen LogP contribution is 2.09. The highest BCUT2D eigenvalue weighted by atomic mass is 16.3. The van der Waals surface area contributed by atoms with Crippen molar-refractivity contribution in [1.82, 2.24) is 10.2 Å². The highest BCUT2D eigenvalue weighted by Gasteiger charge is 2.16. The molecule has 0 saturated carbocycles. The van der Waals surface area contributed by atoms with Crippen LogP contribution in [0.15, 0.2) is 21.5 Å². The summed E-state index contributed by atoms with van der Waals surface area (Å²) in [6, 6.07) is 3.32. The van der Waals surface area contributed by atoms with Crippen molar-refractivity contribution in [1.29, 1.82) is 0 Å². The number of furan rings is 1. The third-order valence-corrected chi connectivity index (χ3v) is 2.94. The number of likely N-dealkylation sites (tertiary alicyclic amines) is 1. The van der Waals surface area contributed by atoms with E-state index in [0.29, 0.717) is 12.3 Å². The molecule has 0 aromatic carbocycles. The number of nitrogens with zero attached hydrogens (tertiary/aromatic N) is 2. The molecule has 0 radical (unpaired) electrons. The Morgan fingerprint density at radius 3 is 2.78 bits per heavy atom. The van der Waals surface area contributed by atoms with Gasteiger partial charge in [-0.1, -0.05) is 0 Å². The fourth-order valence-electron chi connectivity index (χ4n) is 2.03. The summed E-state index contributed by atoms with van der Waals surface area (Å²) in [5, 5.41) is 3.21. The predicted molar refractivity (Wildman–Crippen MR) is 68.2 cm³/mol. The van der Waals surface area contributed by atoms with Crippen LogP contribution in [0.2, 0.25) is 0 Å². The fraction of sp³-hybridized carbons (Fsp3) is 0.500. The second-order valence-electron chi connectivity index (χ2n) is 4.23. The summed E-state index contributed by atoms with van der Waals surface area (Å²) in [4.78, 5) is 17.3. The lowest BCUT2D eigenvalue weighted by Crippen LogP contribution is -2.39. The van der Waals surface area contributed by atoms with E-state index < -0.39 is 5.91 Å². The molecule has 6 heteroatoms. The number of primary amides is 1. The lowest BCUT2D eigenvalue weighted by molar-refractivity contribution is 0.0972. The molecule has 1 aromatic heterocycles. The number of nitrogens with two attached hydrogens (primary N) is 1. The molecule has 2 rings (SSSR count). The Balaban J connectivity index is 1.91. The predicted octanol–water partition coefficient (Wildman–Crippen LogP) is 0.550. The van der Waals surface area contributed by atoms with E-state index in [-0.39, 0.29) is 5.76 Å². The van der Waals surface area contributed by atoms with E-state index in [1.54, 1.807) is 19.2 Å². The fourth-order valence-corrected chi connectivity index (χ4v) is 2.03. The third-order valence-electron chi connectivity index (χ3n) is 2.94. The van der Waals surface area contributed by atoms with Gasteiger partial charge in [0.25, 0.3) is 5.91 Å². The van der Waals surface area contributed by atoms with E-state index in [9.17, 15) is 4.79 Å². The summed E-state index contributed by atoms with van der Waals surface area (Å²) in [5.41, 5.74) is 5.12. The number of guanidine groups is 1. The summed E-state index contributed by atoms with van der Waals surface area (Å²) >= 11 is 0. The van der Waals surface area contributed by atoms with Crippen molar-refractivity contribution in [2.45, 2.75) is 19.4 Å². The Bertz CT molecular complexity index is 447. The number of hydrogen-bond acceptors (Lipinski definition) is 3. The van der Waals surface area contributed by atoms with E-state index in [2.05, 4.69) is 15.2 Å². The van der Waals surface area contributed by atoms with Crippen LogP contribution in [-0.4, -0.2) is 36.9 Å². The molecule has 1 fully saturated rings. The number of amides is 1. The molecule has 3 N–H and O–H groups in total. The quantitative estimate of drug-likeness (QED) is 0.606. The highest BCUT2D eigenvalue weighted by molar-refractivity contribution is 5.89. The van der Waals surface area contributed by atoms with E-state index in [1.165, 1.54) is 12.8 Å². The normalized spacial score (nSPS) is 16.1. The minimum absolute atomic E-state index is 0.183. The van der Waals surface area contributed by atoms with Gasteiger partial charge in [-0.05, 0) is 25.0 Å². The molecular formula is C12H18N4O2. The van der Waals surface area contributed by atoms with Crippen LogP contribution in [0.1, 0.15) is 29.2 Å². The zero-order chi connectivity index (χ0) is 13.0. The number of nitrogens with one attached hydrogen (secondary N) is 1. The van der Waals surface area contributed by atoms with Crippen molar-refractivity contribution >= 4 is 11.9 Å². The molecule has 0 unspecified atom stereocenters. The SMILES string of the molecule is CN=C(NCc1ccc(C(N)=O)o1)N1CCCC1. The maximum Gasteiger partial charge on any atom is 0.284 e. The van der Waals surface area contributed by atoms with Gasteiger partial charge in [-0.25, -0.2) is 0 Å².